The number of nitrogens with zero attached hydrogens (tertiary/aromatic N) is 3. The van der Waals surface area contributed by atoms with E-state index in [0.29, 0.717) is 37.3 Å². The number of benzene rings is 1. The van der Waals surface area contributed by atoms with Crippen LogP contribution in [0.4, 0.5) is 4.39 Å². The van der Waals surface area contributed by atoms with Crippen LogP contribution in [0.1, 0.15) is 18.9 Å². The number of hydrogen-bond acceptors (Lipinski definition) is 5. The van der Waals surface area contributed by atoms with Crippen LogP contribution in [0.25, 0.3) is 0 Å². The number of pyridine rings is 1. The van der Waals surface area contributed by atoms with E-state index in [1.54, 1.807) is 31.5 Å². The molecule has 1 atom stereocenters. The van der Waals surface area contributed by atoms with Gasteiger partial charge in [0.15, 0.2) is 5.96 Å². The molecule has 0 spiro atoms. The molecule has 1 aromatic heterocycles. The lowest BCUT2D eigenvalue weighted by Gasteiger charge is -2.21. The highest BCUT2D eigenvalue weighted by Crippen LogP contribution is 2.20. The van der Waals surface area contributed by atoms with Gasteiger partial charge in [-0.05, 0) is 31.0 Å². The van der Waals surface area contributed by atoms with Gasteiger partial charge in [-0.15, -0.1) is 24.0 Å². The maximum atomic E-state index is 13.3. The highest BCUT2D eigenvalue weighted by molar-refractivity contribution is 14.0. The van der Waals surface area contributed by atoms with Gasteiger partial charge in [0.1, 0.15) is 11.6 Å². The first-order chi connectivity index (χ1) is 15.2. The van der Waals surface area contributed by atoms with E-state index in [4.69, 9.17) is 19.2 Å². The molecule has 3 rings (SSSR count). The van der Waals surface area contributed by atoms with E-state index in [-0.39, 0.29) is 29.8 Å². The first-order valence-corrected chi connectivity index (χ1v) is 10.7. The number of aromatic nitrogens is 1. The SMILES string of the molecule is CCNC(=NCc1ccc(Oc2cccc(F)c2)nc1)N1CCC(COCCOC)C1.I. The monoisotopic (exact) mass is 558 g/mol. The summed E-state index contributed by atoms with van der Waals surface area (Å²) in [6.07, 6.45) is 2.82. The molecule has 176 valence electrons. The smallest absolute Gasteiger partial charge is 0.219 e. The summed E-state index contributed by atoms with van der Waals surface area (Å²) in [5.74, 6) is 1.90. The minimum atomic E-state index is -0.342. The summed E-state index contributed by atoms with van der Waals surface area (Å²) in [5, 5.41) is 3.38. The number of nitrogens with one attached hydrogen (secondary N) is 1. The second-order valence-corrected chi connectivity index (χ2v) is 7.40. The Bertz CT molecular complexity index is 838. The molecule has 2 aromatic rings. The van der Waals surface area contributed by atoms with Gasteiger partial charge in [0, 0.05) is 51.0 Å². The van der Waals surface area contributed by atoms with Gasteiger partial charge in [0.25, 0.3) is 0 Å². The van der Waals surface area contributed by atoms with Crippen molar-refractivity contribution < 1.29 is 18.6 Å². The Morgan fingerprint density at radius 2 is 2.16 bits per heavy atom. The third kappa shape index (κ3) is 8.51. The summed E-state index contributed by atoms with van der Waals surface area (Å²) < 4.78 is 29.6. The molecular weight excluding hydrogens is 526 g/mol. The molecule has 1 unspecified atom stereocenters. The second-order valence-electron chi connectivity index (χ2n) is 7.40. The van der Waals surface area contributed by atoms with Crippen molar-refractivity contribution in [3.8, 4) is 11.6 Å². The Hall–Kier alpha value is -1.98. The van der Waals surface area contributed by atoms with Gasteiger partial charge in [0.2, 0.25) is 5.88 Å². The van der Waals surface area contributed by atoms with Gasteiger partial charge in [-0.1, -0.05) is 12.1 Å². The molecule has 9 heteroatoms. The molecule has 0 amide bonds. The highest BCUT2D eigenvalue weighted by atomic mass is 127. The molecule has 1 saturated heterocycles. The number of guanidine groups is 1. The van der Waals surface area contributed by atoms with Crippen LogP contribution in [0.5, 0.6) is 11.6 Å². The zero-order chi connectivity index (χ0) is 21.9. The minimum absolute atomic E-state index is 0. The van der Waals surface area contributed by atoms with Crippen LogP contribution in [0.2, 0.25) is 0 Å². The lowest BCUT2D eigenvalue weighted by molar-refractivity contribution is 0.0536. The Morgan fingerprint density at radius 3 is 2.88 bits per heavy atom. The number of likely N-dealkylation sites (tertiary alicyclic amines) is 1. The second kappa shape index (κ2) is 14.2. The summed E-state index contributed by atoms with van der Waals surface area (Å²) in [4.78, 5) is 11.4. The summed E-state index contributed by atoms with van der Waals surface area (Å²) in [6.45, 7) is 7.28. The maximum absolute atomic E-state index is 13.3. The maximum Gasteiger partial charge on any atom is 0.219 e. The van der Waals surface area contributed by atoms with E-state index in [1.807, 2.05) is 6.07 Å². The van der Waals surface area contributed by atoms with Crippen molar-refractivity contribution in [3.63, 3.8) is 0 Å². The summed E-state index contributed by atoms with van der Waals surface area (Å²) in [5.41, 5.74) is 0.973. The lowest BCUT2D eigenvalue weighted by atomic mass is 10.1. The Labute approximate surface area is 206 Å². The van der Waals surface area contributed by atoms with Crippen molar-refractivity contribution >= 4 is 29.9 Å². The number of hydrogen-bond donors (Lipinski definition) is 1. The van der Waals surface area contributed by atoms with E-state index in [1.165, 1.54) is 12.1 Å². The van der Waals surface area contributed by atoms with Crippen molar-refractivity contribution in [1.82, 2.24) is 15.2 Å². The average molecular weight is 558 g/mol. The molecule has 1 aromatic carbocycles. The van der Waals surface area contributed by atoms with Crippen LogP contribution in [0.15, 0.2) is 47.6 Å². The lowest BCUT2D eigenvalue weighted by Crippen LogP contribution is -2.40. The summed E-state index contributed by atoms with van der Waals surface area (Å²) in [6, 6.07) is 9.69. The van der Waals surface area contributed by atoms with Crippen LogP contribution in [-0.2, 0) is 16.0 Å². The molecule has 0 aliphatic carbocycles. The van der Waals surface area contributed by atoms with E-state index < -0.39 is 0 Å². The van der Waals surface area contributed by atoms with Crippen molar-refractivity contribution in [2.45, 2.75) is 19.9 Å². The van der Waals surface area contributed by atoms with Gasteiger partial charge in [-0.3, -0.25) is 0 Å². The van der Waals surface area contributed by atoms with E-state index in [0.717, 1.165) is 44.2 Å². The number of ether oxygens (including phenoxy) is 3. The fourth-order valence-electron chi connectivity index (χ4n) is 3.36. The molecule has 1 fully saturated rings. The van der Waals surface area contributed by atoms with E-state index in [9.17, 15) is 4.39 Å². The molecular formula is C23H32FIN4O3. The zero-order valence-electron chi connectivity index (χ0n) is 18.6. The fraction of sp³-hybridized carbons (Fsp3) is 0.478. The molecule has 1 aliphatic heterocycles. The quantitative estimate of drug-likeness (QED) is 0.205. The zero-order valence-corrected chi connectivity index (χ0v) is 21.0. The first kappa shape index (κ1) is 26.3. The molecule has 1 aliphatic rings. The number of methoxy groups -OCH3 is 1. The minimum Gasteiger partial charge on any atom is -0.439 e. The van der Waals surface area contributed by atoms with Crippen LogP contribution >= 0.6 is 24.0 Å². The van der Waals surface area contributed by atoms with Gasteiger partial charge < -0.3 is 24.4 Å². The standard InChI is InChI=1S/C23H31FN4O3.HI/c1-3-25-23(28-10-9-19(16-28)17-30-12-11-29-2)27-15-18-7-8-22(26-14-18)31-21-6-4-5-20(24)13-21;/h4-8,13-14,19H,3,9-12,15-17H2,1-2H3,(H,25,27);1H. The molecule has 1 N–H and O–H groups in total. The molecule has 0 saturated carbocycles. The normalized spacial score (nSPS) is 16.0. The molecule has 32 heavy (non-hydrogen) atoms. The van der Waals surface area contributed by atoms with Gasteiger partial charge in [-0.25, -0.2) is 14.4 Å². The van der Waals surface area contributed by atoms with Crippen molar-refractivity contribution in [3.05, 3.63) is 54.0 Å². The van der Waals surface area contributed by atoms with Crippen LogP contribution in [0, 0.1) is 11.7 Å². The molecule has 0 radical (unpaired) electrons. The number of aliphatic imine (C=N–C) groups is 1. The van der Waals surface area contributed by atoms with Crippen LogP contribution in [0.3, 0.4) is 0 Å². The predicted molar refractivity (Wildman–Crippen MR) is 133 cm³/mol. The van der Waals surface area contributed by atoms with Crippen LogP contribution < -0.4 is 10.1 Å². The van der Waals surface area contributed by atoms with E-state index >= 15 is 0 Å². The Balaban J connectivity index is 0.00000363. The average Bonchev–Trinajstić information content (AvgIpc) is 3.24. The third-order valence-corrected chi connectivity index (χ3v) is 4.93. The van der Waals surface area contributed by atoms with Gasteiger partial charge in [-0.2, -0.15) is 0 Å². The van der Waals surface area contributed by atoms with Crippen molar-refractivity contribution in [1.29, 1.82) is 0 Å². The summed E-state index contributed by atoms with van der Waals surface area (Å²) >= 11 is 0. The Morgan fingerprint density at radius 1 is 1.28 bits per heavy atom. The first-order valence-electron chi connectivity index (χ1n) is 10.7. The number of rotatable bonds is 10. The largest absolute Gasteiger partial charge is 0.439 e. The molecule has 7 nitrogen and oxygen atoms in total. The molecule has 2 heterocycles. The summed E-state index contributed by atoms with van der Waals surface area (Å²) in [7, 11) is 1.68. The van der Waals surface area contributed by atoms with Crippen molar-refractivity contribution in [2.24, 2.45) is 10.9 Å². The predicted octanol–water partition coefficient (Wildman–Crippen LogP) is 4.08. The fourth-order valence-corrected chi connectivity index (χ4v) is 3.36. The molecule has 0 bridgehead atoms. The number of halogens is 2. The highest BCUT2D eigenvalue weighted by Gasteiger charge is 2.24. The van der Waals surface area contributed by atoms with Crippen molar-refractivity contribution in [2.75, 3.05) is 46.6 Å². The van der Waals surface area contributed by atoms with E-state index in [2.05, 4.69) is 22.1 Å². The van der Waals surface area contributed by atoms with Gasteiger partial charge in [0.05, 0.1) is 26.4 Å². The van der Waals surface area contributed by atoms with Gasteiger partial charge >= 0.3 is 0 Å². The Kier molecular flexibility index (Phi) is 11.7. The topological polar surface area (TPSA) is 68.2 Å². The third-order valence-electron chi connectivity index (χ3n) is 4.93. The van der Waals surface area contributed by atoms with Crippen LogP contribution in [-0.4, -0.2) is 62.4 Å².